The molecule has 0 aromatic rings. The summed E-state index contributed by atoms with van der Waals surface area (Å²) < 4.78 is 33.3. The summed E-state index contributed by atoms with van der Waals surface area (Å²) >= 11 is 0. The average Bonchev–Trinajstić information content (AvgIpc) is 1.01. The maximum Gasteiger partial charge on any atom is 0.472 e. The fraction of sp³-hybridized carbons (Fsp3) is 0.822. The second-order valence-corrected chi connectivity index (χ2v) is 30.8. The first kappa shape index (κ1) is 97.2. The van der Waals surface area contributed by atoms with Crippen LogP contribution in [0, 0.1) is 0 Å². The molecule has 0 heterocycles. The molecule has 0 spiro atoms. The van der Waals surface area contributed by atoms with Crippen LogP contribution in [0.25, 0.3) is 0 Å². The Morgan fingerprint density at radius 1 is 0.310 bits per heavy atom. The highest BCUT2D eigenvalue weighted by atomic mass is 31.2. The molecule has 0 saturated heterocycles. The van der Waals surface area contributed by atoms with Crippen molar-refractivity contribution in [3.8, 4) is 0 Å². The zero-order valence-electron chi connectivity index (χ0n) is 66.2. The number of carbonyl (C=O) groups is 2. The normalized spacial score (nSPS) is 13.2. The van der Waals surface area contributed by atoms with Gasteiger partial charge in [-0.25, -0.2) is 4.57 Å². The van der Waals surface area contributed by atoms with Crippen LogP contribution >= 0.6 is 7.82 Å². The summed E-state index contributed by atoms with van der Waals surface area (Å²) in [5, 5.41) is 0. The van der Waals surface area contributed by atoms with Crippen molar-refractivity contribution >= 4 is 19.8 Å². The minimum atomic E-state index is -4.40. The van der Waals surface area contributed by atoms with Crippen LogP contribution in [-0.4, -0.2) is 49.3 Å². The molecule has 0 amide bonds. The molecular formula is C90H166NO8P. The van der Waals surface area contributed by atoms with Gasteiger partial charge in [0.25, 0.3) is 0 Å². The Morgan fingerprint density at radius 3 is 0.820 bits per heavy atom. The van der Waals surface area contributed by atoms with Crippen molar-refractivity contribution in [2.24, 2.45) is 5.73 Å². The van der Waals surface area contributed by atoms with Crippen molar-refractivity contribution in [2.45, 2.75) is 450 Å². The van der Waals surface area contributed by atoms with Gasteiger partial charge >= 0.3 is 19.8 Å². The highest BCUT2D eigenvalue weighted by Gasteiger charge is 2.26. The summed E-state index contributed by atoms with van der Waals surface area (Å²) in [7, 11) is -4.40. The molecule has 9 nitrogen and oxygen atoms in total. The average molecular weight is 1420 g/mol. The van der Waals surface area contributed by atoms with Crippen LogP contribution in [0.2, 0.25) is 0 Å². The van der Waals surface area contributed by atoms with Gasteiger partial charge < -0.3 is 20.1 Å². The van der Waals surface area contributed by atoms with Crippen molar-refractivity contribution < 1.29 is 37.6 Å². The smallest absolute Gasteiger partial charge is 0.462 e. The monoisotopic (exact) mass is 1420 g/mol. The van der Waals surface area contributed by atoms with Gasteiger partial charge in [0.1, 0.15) is 6.61 Å². The Balaban J connectivity index is 3.74. The number of nitrogens with two attached hydrogens (primary N) is 1. The molecule has 0 aromatic heterocycles. The van der Waals surface area contributed by atoms with E-state index in [1.807, 2.05) is 0 Å². The van der Waals surface area contributed by atoms with Gasteiger partial charge in [0.05, 0.1) is 13.2 Å². The van der Waals surface area contributed by atoms with Crippen LogP contribution in [0.15, 0.2) is 85.1 Å². The van der Waals surface area contributed by atoms with E-state index in [-0.39, 0.29) is 38.6 Å². The van der Waals surface area contributed by atoms with Gasteiger partial charge in [0.15, 0.2) is 6.10 Å². The lowest BCUT2D eigenvalue weighted by molar-refractivity contribution is -0.161. The molecule has 100 heavy (non-hydrogen) atoms. The van der Waals surface area contributed by atoms with Crippen molar-refractivity contribution in [2.75, 3.05) is 26.4 Å². The predicted molar refractivity (Wildman–Crippen MR) is 436 cm³/mol. The maximum atomic E-state index is 12.8. The van der Waals surface area contributed by atoms with Crippen molar-refractivity contribution in [1.82, 2.24) is 0 Å². The Kier molecular flexibility index (Phi) is 82.7. The van der Waals surface area contributed by atoms with Crippen molar-refractivity contribution in [3.05, 3.63) is 85.1 Å². The lowest BCUT2D eigenvalue weighted by Gasteiger charge is -2.19. The summed E-state index contributed by atoms with van der Waals surface area (Å²) in [6, 6.07) is 0. The number of unbranched alkanes of at least 4 members (excludes halogenated alkanes) is 56. The number of allylic oxidation sites excluding steroid dienone is 14. The molecule has 584 valence electrons. The third-order valence-electron chi connectivity index (χ3n) is 19.5. The summed E-state index contributed by atoms with van der Waals surface area (Å²) in [5.41, 5.74) is 5.42. The van der Waals surface area contributed by atoms with E-state index < -0.39 is 26.5 Å². The molecule has 0 rings (SSSR count). The first-order valence-corrected chi connectivity index (χ1v) is 45.1. The molecule has 0 aliphatic rings. The number of phosphoric ester groups is 1. The summed E-state index contributed by atoms with van der Waals surface area (Å²) in [6.07, 6.45) is 116. The highest BCUT2D eigenvalue weighted by molar-refractivity contribution is 7.47. The predicted octanol–water partition coefficient (Wildman–Crippen LogP) is 29.6. The number of rotatable bonds is 83. The topological polar surface area (TPSA) is 134 Å². The Hall–Kier alpha value is -2.81. The van der Waals surface area contributed by atoms with E-state index in [2.05, 4.69) is 98.9 Å². The standard InChI is InChI=1S/C90H166NO8P/c1-3-5-7-9-11-13-15-17-19-21-23-25-27-29-31-33-35-37-39-41-43-45-46-48-50-52-54-56-58-60-62-64-66-68-70-72-74-76-78-80-82-89(92)96-86-88(87-98-100(94,95)97-85-84-91)99-90(93)83-81-79-77-75-73-71-69-67-65-63-61-59-57-55-53-51-49-47-44-42-40-38-36-34-32-30-28-26-24-22-20-18-16-14-12-10-8-6-4-2/h6,8,12,14,18,20,24,26,30,32,36,38,42,44,88H,3-5,7,9-11,13,15-17,19,21-23,25,27-29,31,33-35,37,39-41,43,45-87,91H2,1-2H3,(H,94,95)/b8-6-,14-12-,20-18-,26-24-,32-30-,38-36-,44-42-. The van der Waals surface area contributed by atoms with Gasteiger partial charge in [-0.3, -0.25) is 18.6 Å². The second kappa shape index (κ2) is 85.1. The van der Waals surface area contributed by atoms with E-state index in [9.17, 15) is 19.0 Å². The Morgan fingerprint density at radius 2 is 0.550 bits per heavy atom. The highest BCUT2D eigenvalue weighted by Crippen LogP contribution is 2.43. The Labute approximate surface area is 621 Å². The number of ether oxygens (including phenoxy) is 2. The molecule has 0 aromatic carbocycles. The van der Waals surface area contributed by atoms with Crippen LogP contribution < -0.4 is 5.73 Å². The zero-order chi connectivity index (χ0) is 72.2. The Bertz CT molecular complexity index is 1920. The van der Waals surface area contributed by atoms with Crippen LogP contribution in [-0.2, 0) is 32.7 Å². The van der Waals surface area contributed by atoms with Crippen molar-refractivity contribution in [3.63, 3.8) is 0 Å². The van der Waals surface area contributed by atoms with E-state index in [1.54, 1.807) is 0 Å². The third-order valence-corrected chi connectivity index (χ3v) is 20.5. The minimum absolute atomic E-state index is 0.0540. The summed E-state index contributed by atoms with van der Waals surface area (Å²) in [5.74, 6) is -0.806. The lowest BCUT2D eigenvalue weighted by atomic mass is 10.0. The molecule has 0 aliphatic heterocycles. The quantitative estimate of drug-likeness (QED) is 0.0264. The lowest BCUT2D eigenvalue weighted by Crippen LogP contribution is -2.29. The molecular weight excluding hydrogens is 1250 g/mol. The zero-order valence-corrected chi connectivity index (χ0v) is 67.1. The number of hydrogen-bond donors (Lipinski definition) is 2. The summed E-state index contributed by atoms with van der Waals surface area (Å²) in [4.78, 5) is 35.5. The van der Waals surface area contributed by atoms with Gasteiger partial charge in [0.2, 0.25) is 0 Å². The van der Waals surface area contributed by atoms with Gasteiger partial charge in [-0.2, -0.15) is 0 Å². The third kappa shape index (κ3) is 84.1. The van der Waals surface area contributed by atoms with Crippen molar-refractivity contribution in [1.29, 1.82) is 0 Å². The second-order valence-electron chi connectivity index (χ2n) is 29.4. The molecule has 0 radical (unpaired) electrons. The molecule has 0 aliphatic carbocycles. The molecule has 2 atom stereocenters. The van der Waals surface area contributed by atoms with E-state index >= 15 is 0 Å². The molecule has 0 saturated carbocycles. The molecule has 10 heteroatoms. The number of esters is 2. The van der Waals surface area contributed by atoms with E-state index in [0.29, 0.717) is 6.42 Å². The van der Waals surface area contributed by atoms with Gasteiger partial charge in [-0.1, -0.05) is 446 Å². The summed E-state index contributed by atoms with van der Waals surface area (Å²) in [6.45, 7) is 3.71. The van der Waals surface area contributed by atoms with E-state index in [4.69, 9.17) is 24.3 Å². The maximum absolute atomic E-state index is 12.8. The number of hydrogen-bond acceptors (Lipinski definition) is 8. The van der Waals surface area contributed by atoms with Crippen LogP contribution in [0.4, 0.5) is 0 Å². The van der Waals surface area contributed by atoms with Crippen LogP contribution in [0.3, 0.4) is 0 Å². The van der Waals surface area contributed by atoms with E-state index in [0.717, 1.165) is 83.5 Å². The molecule has 3 N–H and O–H groups in total. The minimum Gasteiger partial charge on any atom is -0.462 e. The molecule has 2 unspecified atom stereocenters. The number of carbonyl (C=O) groups excluding carboxylic acids is 2. The van der Waals surface area contributed by atoms with Crippen LogP contribution in [0.1, 0.15) is 444 Å². The first-order valence-electron chi connectivity index (χ1n) is 43.6. The van der Waals surface area contributed by atoms with Crippen LogP contribution in [0.5, 0.6) is 0 Å². The van der Waals surface area contributed by atoms with Gasteiger partial charge in [-0.05, 0) is 70.6 Å². The SMILES string of the molecule is CC/C=C\C/C=C\C/C=C\C/C=C\C/C=C\C/C=C\C/C=C\CCCCCCCCCCCCCCCCCCCC(=O)OC(COC(=O)CCCCCCCCCCCCCCCCCCCCCCCCCCCCCCCCCCCCCCCCCC)COP(=O)(O)OCCN. The largest absolute Gasteiger partial charge is 0.472 e. The van der Waals surface area contributed by atoms with Gasteiger partial charge in [-0.15, -0.1) is 0 Å². The van der Waals surface area contributed by atoms with Gasteiger partial charge in [0, 0.05) is 19.4 Å². The fourth-order valence-corrected chi connectivity index (χ4v) is 13.9. The molecule has 0 fully saturated rings. The van der Waals surface area contributed by atoms with E-state index in [1.165, 1.54) is 327 Å². The fourth-order valence-electron chi connectivity index (χ4n) is 13.2. The molecule has 0 bridgehead atoms. The first-order chi connectivity index (χ1) is 49.3. The number of phosphoric acid groups is 1.